The molecular formula is C16H16N2O3S2. The van der Waals surface area contributed by atoms with E-state index in [-0.39, 0.29) is 10.1 Å². The van der Waals surface area contributed by atoms with E-state index in [1.807, 2.05) is 6.07 Å². The Kier molecular flexibility index (Phi) is 3.24. The van der Waals surface area contributed by atoms with E-state index in [9.17, 15) is 13.2 Å². The van der Waals surface area contributed by atoms with E-state index < -0.39 is 15.4 Å². The summed E-state index contributed by atoms with van der Waals surface area (Å²) in [6.07, 6.45) is 3.70. The van der Waals surface area contributed by atoms with Crippen molar-refractivity contribution in [1.82, 2.24) is 0 Å². The number of benzene rings is 1. The number of sulfonamides is 1. The van der Waals surface area contributed by atoms with Gasteiger partial charge in [-0.25, -0.2) is 8.42 Å². The van der Waals surface area contributed by atoms with E-state index >= 15 is 0 Å². The number of fused-ring (bicyclic) bond motifs is 2. The molecular weight excluding hydrogens is 332 g/mol. The number of rotatable bonds is 3. The molecule has 7 heteroatoms. The van der Waals surface area contributed by atoms with Crippen LogP contribution in [0.25, 0.3) is 0 Å². The maximum atomic E-state index is 12.4. The van der Waals surface area contributed by atoms with Crippen LogP contribution >= 0.6 is 11.3 Å². The van der Waals surface area contributed by atoms with Crippen LogP contribution in [0.3, 0.4) is 0 Å². The van der Waals surface area contributed by atoms with Crippen LogP contribution in [0.1, 0.15) is 31.2 Å². The van der Waals surface area contributed by atoms with Crippen molar-refractivity contribution in [1.29, 1.82) is 0 Å². The summed E-state index contributed by atoms with van der Waals surface area (Å²) < 4.78 is 27.6. The Morgan fingerprint density at radius 3 is 2.65 bits per heavy atom. The summed E-state index contributed by atoms with van der Waals surface area (Å²) in [5.41, 5.74) is 1.75. The summed E-state index contributed by atoms with van der Waals surface area (Å²) in [6, 6.07) is 8.57. The first-order valence-electron chi connectivity index (χ1n) is 7.54. The lowest BCUT2D eigenvalue weighted by Crippen LogP contribution is -2.31. The molecule has 0 saturated heterocycles. The van der Waals surface area contributed by atoms with Gasteiger partial charge in [-0.3, -0.25) is 9.52 Å². The maximum absolute atomic E-state index is 12.4. The van der Waals surface area contributed by atoms with Crippen molar-refractivity contribution in [3.8, 4) is 0 Å². The molecule has 1 aliphatic heterocycles. The molecule has 1 saturated carbocycles. The molecule has 2 aromatic rings. The quantitative estimate of drug-likeness (QED) is 0.893. The Labute approximate surface area is 138 Å². The molecule has 23 heavy (non-hydrogen) atoms. The number of thiophene rings is 1. The molecule has 0 bridgehead atoms. The smallest absolute Gasteiger partial charge is 0.271 e. The summed E-state index contributed by atoms with van der Waals surface area (Å²) >= 11 is 1.18. The van der Waals surface area contributed by atoms with Crippen molar-refractivity contribution in [2.45, 2.75) is 35.3 Å². The molecule has 0 atom stereocenters. The van der Waals surface area contributed by atoms with E-state index in [2.05, 4.69) is 10.0 Å². The highest BCUT2D eigenvalue weighted by Gasteiger charge is 2.48. The van der Waals surface area contributed by atoms with Crippen LogP contribution in [0.2, 0.25) is 0 Å². The van der Waals surface area contributed by atoms with Gasteiger partial charge >= 0.3 is 0 Å². The van der Waals surface area contributed by atoms with Crippen LogP contribution in [-0.2, 0) is 20.2 Å². The highest BCUT2D eigenvalue weighted by molar-refractivity contribution is 7.94. The molecule has 1 aromatic heterocycles. The lowest BCUT2D eigenvalue weighted by molar-refractivity contribution is -0.120. The molecule has 2 heterocycles. The first-order valence-corrected chi connectivity index (χ1v) is 9.90. The molecule has 1 aromatic carbocycles. The zero-order valence-corrected chi connectivity index (χ0v) is 14.0. The fraction of sp³-hybridized carbons (Fsp3) is 0.312. The fourth-order valence-corrected chi connectivity index (χ4v) is 5.62. The minimum absolute atomic E-state index is 0.0447. The third kappa shape index (κ3) is 2.26. The van der Waals surface area contributed by atoms with Gasteiger partial charge in [0.05, 0.1) is 5.41 Å². The number of carbonyl (C=O) groups is 1. The maximum Gasteiger partial charge on any atom is 0.271 e. The second-order valence-electron chi connectivity index (χ2n) is 6.04. The van der Waals surface area contributed by atoms with E-state index in [0.29, 0.717) is 5.69 Å². The van der Waals surface area contributed by atoms with Crippen LogP contribution in [-0.4, -0.2) is 14.3 Å². The summed E-state index contributed by atoms with van der Waals surface area (Å²) in [5, 5.41) is 4.66. The van der Waals surface area contributed by atoms with E-state index in [0.717, 1.165) is 36.9 Å². The monoisotopic (exact) mass is 348 g/mol. The van der Waals surface area contributed by atoms with Gasteiger partial charge in [0.15, 0.2) is 0 Å². The average Bonchev–Trinajstić information content (AvgIpc) is 3.24. The van der Waals surface area contributed by atoms with Crippen LogP contribution in [0.5, 0.6) is 0 Å². The molecule has 0 unspecified atom stereocenters. The van der Waals surface area contributed by atoms with Crippen molar-refractivity contribution >= 4 is 38.6 Å². The van der Waals surface area contributed by atoms with Crippen LogP contribution in [0, 0.1) is 0 Å². The first-order chi connectivity index (χ1) is 11.0. The Balaban J connectivity index is 1.71. The molecule has 1 fully saturated rings. The van der Waals surface area contributed by atoms with E-state index in [1.165, 1.54) is 11.3 Å². The topological polar surface area (TPSA) is 75.3 Å². The zero-order chi connectivity index (χ0) is 16.1. The Morgan fingerprint density at radius 2 is 1.96 bits per heavy atom. The van der Waals surface area contributed by atoms with Gasteiger partial charge in [0.1, 0.15) is 4.21 Å². The normalized spacial score (nSPS) is 18.9. The molecule has 5 nitrogen and oxygen atoms in total. The fourth-order valence-electron chi connectivity index (χ4n) is 3.57. The minimum atomic E-state index is -3.57. The summed E-state index contributed by atoms with van der Waals surface area (Å²) in [7, 11) is -3.57. The molecule has 4 rings (SSSR count). The van der Waals surface area contributed by atoms with Gasteiger partial charge in [-0.15, -0.1) is 11.3 Å². The van der Waals surface area contributed by atoms with Gasteiger partial charge in [-0.1, -0.05) is 18.9 Å². The molecule has 2 aliphatic rings. The lowest BCUT2D eigenvalue weighted by Gasteiger charge is -2.21. The molecule has 1 spiro atoms. The number of hydrogen-bond donors (Lipinski definition) is 2. The van der Waals surface area contributed by atoms with Gasteiger partial charge in [-0.05, 0) is 48.1 Å². The minimum Gasteiger partial charge on any atom is -0.325 e. The average molecular weight is 348 g/mol. The van der Waals surface area contributed by atoms with Crippen molar-refractivity contribution in [2.24, 2.45) is 0 Å². The van der Waals surface area contributed by atoms with E-state index in [1.54, 1.807) is 29.6 Å². The summed E-state index contributed by atoms with van der Waals surface area (Å²) in [5.74, 6) is 0.0447. The van der Waals surface area contributed by atoms with Gasteiger partial charge in [0.25, 0.3) is 10.0 Å². The summed E-state index contributed by atoms with van der Waals surface area (Å²) in [6.45, 7) is 0. The third-order valence-electron chi connectivity index (χ3n) is 4.69. The first kappa shape index (κ1) is 14.7. The Bertz CT molecular complexity index is 867. The summed E-state index contributed by atoms with van der Waals surface area (Å²) in [4.78, 5) is 12.4. The van der Waals surface area contributed by atoms with Crippen molar-refractivity contribution < 1.29 is 13.2 Å². The van der Waals surface area contributed by atoms with Gasteiger partial charge in [0, 0.05) is 11.4 Å². The van der Waals surface area contributed by atoms with Crippen molar-refractivity contribution in [3.05, 3.63) is 41.3 Å². The lowest BCUT2D eigenvalue weighted by atomic mass is 9.80. The SMILES string of the molecule is O=C1Nc2ccc(NS(=O)(=O)c3cccs3)cc2C12CCCC2. The van der Waals surface area contributed by atoms with Gasteiger partial charge < -0.3 is 5.32 Å². The van der Waals surface area contributed by atoms with Crippen LogP contribution in [0.4, 0.5) is 11.4 Å². The largest absolute Gasteiger partial charge is 0.325 e. The van der Waals surface area contributed by atoms with Crippen LogP contribution < -0.4 is 10.0 Å². The van der Waals surface area contributed by atoms with Crippen molar-refractivity contribution in [2.75, 3.05) is 10.0 Å². The standard InChI is InChI=1S/C16H16N2O3S2/c19-15-16(7-1-2-8-16)12-10-11(5-6-13(12)17-15)18-23(20,21)14-4-3-9-22-14/h3-6,9-10,18H,1-2,7-8H2,(H,17,19). The number of nitrogens with one attached hydrogen (secondary N) is 2. The molecule has 120 valence electrons. The van der Waals surface area contributed by atoms with E-state index in [4.69, 9.17) is 0 Å². The molecule has 1 aliphatic carbocycles. The zero-order valence-electron chi connectivity index (χ0n) is 12.3. The number of hydrogen-bond acceptors (Lipinski definition) is 4. The molecule has 0 radical (unpaired) electrons. The number of carbonyl (C=O) groups excluding carboxylic acids is 1. The van der Waals surface area contributed by atoms with Crippen LogP contribution in [0.15, 0.2) is 39.9 Å². The predicted molar refractivity (Wildman–Crippen MR) is 90.3 cm³/mol. The third-order valence-corrected chi connectivity index (χ3v) is 7.47. The Hall–Kier alpha value is -1.86. The number of anilines is 2. The second-order valence-corrected chi connectivity index (χ2v) is 8.90. The highest BCUT2D eigenvalue weighted by atomic mass is 32.2. The Morgan fingerprint density at radius 1 is 1.17 bits per heavy atom. The number of amides is 1. The predicted octanol–water partition coefficient (Wildman–Crippen LogP) is 3.31. The second kappa shape index (κ2) is 5.07. The highest BCUT2D eigenvalue weighted by Crippen LogP contribution is 2.49. The van der Waals surface area contributed by atoms with Gasteiger partial charge in [-0.2, -0.15) is 0 Å². The van der Waals surface area contributed by atoms with Crippen molar-refractivity contribution in [3.63, 3.8) is 0 Å². The molecule has 1 amide bonds. The molecule has 2 N–H and O–H groups in total. The van der Waals surface area contributed by atoms with Gasteiger partial charge in [0.2, 0.25) is 5.91 Å².